The van der Waals surface area contributed by atoms with Crippen molar-refractivity contribution < 1.29 is 13.9 Å². The average Bonchev–Trinajstić information content (AvgIpc) is 3.14. The van der Waals surface area contributed by atoms with Gasteiger partial charge in [0.1, 0.15) is 18.0 Å². The van der Waals surface area contributed by atoms with Crippen LogP contribution in [0.25, 0.3) is 22.0 Å². The van der Waals surface area contributed by atoms with Crippen LogP contribution in [-0.4, -0.2) is 60.6 Å². The number of nitrogens with zero attached hydrogens (tertiary/aromatic N) is 3. The molecule has 3 heterocycles. The highest BCUT2D eigenvalue weighted by Crippen LogP contribution is 2.28. The van der Waals surface area contributed by atoms with Crippen LogP contribution in [0.5, 0.6) is 0 Å². The molecule has 0 aliphatic carbocycles. The number of nitriles is 1. The van der Waals surface area contributed by atoms with Crippen molar-refractivity contribution in [2.24, 2.45) is 0 Å². The van der Waals surface area contributed by atoms with Crippen molar-refractivity contribution in [1.29, 1.82) is 5.26 Å². The monoisotopic (exact) mass is 490 g/mol. The highest BCUT2D eigenvalue weighted by molar-refractivity contribution is 5.84. The van der Waals surface area contributed by atoms with Gasteiger partial charge < -0.3 is 20.7 Å². The summed E-state index contributed by atoms with van der Waals surface area (Å²) in [6.45, 7) is 3.67. The molecule has 2 aliphatic heterocycles. The number of piperidine rings is 1. The average molecular weight is 491 g/mol. The summed E-state index contributed by atoms with van der Waals surface area (Å²) in [5.74, 6) is -0.764. The number of halogens is 1. The van der Waals surface area contributed by atoms with E-state index in [0.717, 1.165) is 60.9 Å². The quantitative estimate of drug-likeness (QED) is 0.491. The molecule has 2 aliphatic rings. The fourth-order valence-electron chi connectivity index (χ4n) is 4.86. The van der Waals surface area contributed by atoms with Crippen LogP contribution in [0.1, 0.15) is 30.9 Å². The van der Waals surface area contributed by atoms with E-state index >= 15 is 4.39 Å². The van der Waals surface area contributed by atoms with Crippen molar-refractivity contribution in [1.82, 2.24) is 25.7 Å². The van der Waals surface area contributed by atoms with E-state index in [9.17, 15) is 10.1 Å². The van der Waals surface area contributed by atoms with Crippen LogP contribution in [0.2, 0.25) is 0 Å². The van der Waals surface area contributed by atoms with Gasteiger partial charge >= 0.3 is 0 Å². The molecule has 2 saturated heterocycles. The summed E-state index contributed by atoms with van der Waals surface area (Å²) in [4.78, 5) is 12.5. The predicted molar refractivity (Wildman–Crippen MR) is 135 cm³/mol. The third kappa shape index (κ3) is 5.57. The van der Waals surface area contributed by atoms with Gasteiger partial charge in [-0.15, -0.1) is 0 Å². The van der Waals surface area contributed by atoms with E-state index in [0.29, 0.717) is 24.8 Å². The van der Waals surface area contributed by atoms with Crippen LogP contribution in [-0.2, 0) is 16.0 Å². The summed E-state index contributed by atoms with van der Waals surface area (Å²) in [6.07, 6.45) is 4.46. The number of rotatable bonds is 6. The van der Waals surface area contributed by atoms with E-state index < -0.39 is 18.0 Å². The molecule has 9 heteroatoms. The first-order chi connectivity index (χ1) is 17.6. The zero-order valence-electron chi connectivity index (χ0n) is 20.2. The van der Waals surface area contributed by atoms with E-state index in [4.69, 9.17) is 9.84 Å². The van der Waals surface area contributed by atoms with Crippen LogP contribution in [0, 0.1) is 17.1 Å². The maximum Gasteiger partial charge on any atom is 0.251 e. The molecule has 188 valence electrons. The molecule has 3 aromatic rings. The minimum absolute atomic E-state index is 0.0776. The third-order valence-electron chi connectivity index (χ3n) is 6.93. The zero-order chi connectivity index (χ0) is 24.9. The van der Waals surface area contributed by atoms with Gasteiger partial charge in [-0.2, -0.15) is 10.4 Å². The van der Waals surface area contributed by atoms with Crippen LogP contribution in [0.3, 0.4) is 0 Å². The maximum absolute atomic E-state index is 15.1. The molecule has 36 heavy (non-hydrogen) atoms. The number of carbonyl (C=O) groups is 1. The predicted octanol–water partition coefficient (Wildman–Crippen LogP) is 2.70. The standard InChI is InChI=1S/C27H31FN6O2/c28-24-13-18(19-3-5-21-17-34(33-25(21)14-19)23-6-9-30-10-7-23)2-4-20(24)12-22(15-29)32-27(35)26-16-31-8-1-11-36-26/h2-5,13-14,17,22-23,26,30-31H,1,6-12,16H2,(H,32,35)/t22-,26+/m1/s1. The Balaban J connectivity index is 1.27. The number of benzene rings is 2. The second kappa shape index (κ2) is 11.2. The molecule has 0 saturated carbocycles. The smallest absolute Gasteiger partial charge is 0.251 e. The van der Waals surface area contributed by atoms with Gasteiger partial charge in [-0.25, -0.2) is 4.39 Å². The number of nitrogens with one attached hydrogen (secondary N) is 3. The fraction of sp³-hybridized carbons (Fsp3) is 0.444. The van der Waals surface area contributed by atoms with Crippen molar-refractivity contribution in [2.45, 2.75) is 43.9 Å². The SMILES string of the molecule is N#C[C@@H](Cc1ccc(-c2ccc3cn(C4CCNCC4)nc3c2)cc1F)NC(=O)[C@@H]1CNCCCO1. The Labute approximate surface area is 209 Å². The molecular weight excluding hydrogens is 459 g/mol. The zero-order valence-corrected chi connectivity index (χ0v) is 20.2. The van der Waals surface area contributed by atoms with Gasteiger partial charge in [-0.05, 0) is 67.7 Å². The summed E-state index contributed by atoms with van der Waals surface area (Å²) < 4.78 is 22.7. The number of hydrogen-bond acceptors (Lipinski definition) is 6. The highest BCUT2D eigenvalue weighted by Gasteiger charge is 2.24. The third-order valence-corrected chi connectivity index (χ3v) is 6.93. The van der Waals surface area contributed by atoms with Crippen molar-refractivity contribution in [3.63, 3.8) is 0 Å². The molecule has 8 nitrogen and oxygen atoms in total. The summed E-state index contributed by atoms with van der Waals surface area (Å²) in [5, 5.41) is 24.6. The number of aromatic nitrogens is 2. The highest BCUT2D eigenvalue weighted by atomic mass is 19.1. The lowest BCUT2D eigenvalue weighted by Crippen LogP contribution is -2.46. The second-order valence-electron chi connectivity index (χ2n) is 9.48. The first kappa shape index (κ1) is 24.4. The molecular formula is C27H31FN6O2. The minimum atomic E-state index is -0.847. The van der Waals surface area contributed by atoms with Gasteiger partial charge in [0.2, 0.25) is 0 Å². The van der Waals surface area contributed by atoms with Crippen molar-refractivity contribution >= 4 is 16.8 Å². The van der Waals surface area contributed by atoms with Crippen molar-refractivity contribution in [3.05, 3.63) is 54.0 Å². The van der Waals surface area contributed by atoms with E-state index in [1.54, 1.807) is 6.07 Å². The van der Waals surface area contributed by atoms with Crippen LogP contribution < -0.4 is 16.0 Å². The second-order valence-corrected chi connectivity index (χ2v) is 9.48. The van der Waals surface area contributed by atoms with Crippen LogP contribution in [0.15, 0.2) is 42.6 Å². The maximum atomic E-state index is 15.1. The lowest BCUT2D eigenvalue weighted by atomic mass is 9.99. The normalized spacial score (nSPS) is 19.9. The van der Waals surface area contributed by atoms with Crippen molar-refractivity contribution in [2.75, 3.05) is 32.8 Å². The van der Waals surface area contributed by atoms with E-state index in [-0.39, 0.29) is 12.3 Å². The van der Waals surface area contributed by atoms with E-state index in [2.05, 4.69) is 32.9 Å². The topological polar surface area (TPSA) is 104 Å². The van der Waals surface area contributed by atoms with Gasteiger partial charge in [-0.3, -0.25) is 9.48 Å². The summed E-state index contributed by atoms with van der Waals surface area (Å²) in [5.41, 5.74) is 2.89. The lowest BCUT2D eigenvalue weighted by molar-refractivity contribution is -0.132. The Morgan fingerprint density at radius 1 is 1.19 bits per heavy atom. The molecule has 0 bridgehead atoms. The Morgan fingerprint density at radius 3 is 2.81 bits per heavy atom. The number of carbonyl (C=O) groups excluding carboxylic acids is 1. The lowest BCUT2D eigenvalue weighted by Gasteiger charge is -2.22. The van der Waals surface area contributed by atoms with Gasteiger partial charge in [0.05, 0.1) is 17.6 Å². The van der Waals surface area contributed by atoms with Gasteiger partial charge in [0, 0.05) is 31.2 Å². The van der Waals surface area contributed by atoms with Crippen molar-refractivity contribution in [3.8, 4) is 17.2 Å². The molecule has 1 aromatic heterocycles. The minimum Gasteiger partial charge on any atom is -0.367 e. The molecule has 5 rings (SSSR count). The van der Waals surface area contributed by atoms with Gasteiger partial charge in [0.25, 0.3) is 5.91 Å². The molecule has 0 spiro atoms. The summed E-state index contributed by atoms with van der Waals surface area (Å²) >= 11 is 0. The largest absolute Gasteiger partial charge is 0.367 e. The number of fused-ring (bicyclic) bond motifs is 1. The Morgan fingerprint density at radius 2 is 2.00 bits per heavy atom. The first-order valence-electron chi connectivity index (χ1n) is 12.6. The summed E-state index contributed by atoms with van der Waals surface area (Å²) in [7, 11) is 0. The molecule has 1 amide bonds. The first-order valence-corrected chi connectivity index (χ1v) is 12.6. The van der Waals surface area contributed by atoms with E-state index in [1.807, 2.05) is 24.3 Å². The van der Waals surface area contributed by atoms with Crippen LogP contribution >= 0.6 is 0 Å². The van der Waals surface area contributed by atoms with Gasteiger partial charge in [0.15, 0.2) is 0 Å². The fourth-order valence-corrected chi connectivity index (χ4v) is 4.86. The van der Waals surface area contributed by atoms with Crippen LogP contribution in [0.4, 0.5) is 4.39 Å². The number of ether oxygens (including phenoxy) is 1. The molecule has 2 atom stereocenters. The van der Waals surface area contributed by atoms with Gasteiger partial charge in [-0.1, -0.05) is 24.3 Å². The molecule has 0 unspecified atom stereocenters. The number of amides is 1. The Kier molecular flexibility index (Phi) is 7.56. The molecule has 3 N–H and O–H groups in total. The molecule has 2 aromatic carbocycles. The van der Waals surface area contributed by atoms with E-state index in [1.165, 1.54) is 6.07 Å². The Hall–Kier alpha value is -3.32. The summed E-state index contributed by atoms with van der Waals surface area (Å²) in [6, 6.07) is 12.6. The molecule has 2 fully saturated rings. The number of hydrogen-bond donors (Lipinski definition) is 3. The Bertz CT molecular complexity index is 1250. The molecule has 0 radical (unpaired) electrons.